The molecule has 7 nitrogen and oxygen atoms in total. The van der Waals surface area contributed by atoms with Gasteiger partial charge in [0, 0.05) is 17.8 Å². The average Bonchev–Trinajstić information content (AvgIpc) is 3.19. The van der Waals surface area contributed by atoms with Gasteiger partial charge in [0.2, 0.25) is 0 Å². The average molecular weight is 419 g/mol. The number of ketones is 1. The largest absolute Gasteiger partial charge is 0.486 e. The van der Waals surface area contributed by atoms with Crippen molar-refractivity contribution >= 4 is 11.7 Å². The Morgan fingerprint density at radius 2 is 1.97 bits per heavy atom. The summed E-state index contributed by atoms with van der Waals surface area (Å²) in [5, 5.41) is 5.36. The molecule has 0 spiro atoms. The third kappa shape index (κ3) is 5.22. The number of pyridine rings is 1. The second-order valence-electron chi connectivity index (χ2n) is 6.25. The molecule has 0 fully saturated rings. The SMILES string of the molecule is CC(=O)c1cccc(OCc2cc(C(=O)NC(c3ccccn3)C(F)(F)F)no2)c1. The van der Waals surface area contributed by atoms with E-state index in [9.17, 15) is 22.8 Å². The molecule has 3 aromatic rings. The Kier molecular flexibility index (Phi) is 6.14. The van der Waals surface area contributed by atoms with Crippen LogP contribution in [-0.2, 0) is 6.61 Å². The maximum absolute atomic E-state index is 13.3. The van der Waals surface area contributed by atoms with Crippen molar-refractivity contribution < 1.29 is 32.0 Å². The number of carbonyl (C=O) groups is 2. The molecule has 30 heavy (non-hydrogen) atoms. The predicted molar refractivity (Wildman–Crippen MR) is 97.8 cm³/mol. The lowest BCUT2D eigenvalue weighted by molar-refractivity contribution is -0.156. The highest BCUT2D eigenvalue weighted by Gasteiger charge is 2.43. The van der Waals surface area contributed by atoms with Crippen LogP contribution in [0.15, 0.2) is 59.3 Å². The van der Waals surface area contributed by atoms with Crippen LogP contribution in [0.4, 0.5) is 13.2 Å². The van der Waals surface area contributed by atoms with E-state index < -0.39 is 18.1 Å². The normalized spacial score (nSPS) is 12.3. The lowest BCUT2D eigenvalue weighted by atomic mass is 10.1. The Labute approximate surface area is 168 Å². The molecular weight excluding hydrogens is 403 g/mol. The fourth-order valence-corrected chi connectivity index (χ4v) is 2.52. The van der Waals surface area contributed by atoms with Crippen LogP contribution >= 0.6 is 0 Å². The van der Waals surface area contributed by atoms with Crippen molar-refractivity contribution in [2.75, 3.05) is 0 Å². The van der Waals surface area contributed by atoms with E-state index in [0.717, 1.165) is 6.07 Å². The molecule has 1 N–H and O–H groups in total. The van der Waals surface area contributed by atoms with Crippen LogP contribution in [0.2, 0.25) is 0 Å². The molecule has 0 bridgehead atoms. The van der Waals surface area contributed by atoms with Crippen molar-refractivity contribution in [2.24, 2.45) is 0 Å². The van der Waals surface area contributed by atoms with E-state index in [1.54, 1.807) is 18.2 Å². The number of aromatic nitrogens is 2. The number of rotatable bonds is 7. The Balaban J connectivity index is 1.67. The predicted octanol–water partition coefficient (Wildman–Crippen LogP) is 3.88. The fourth-order valence-electron chi connectivity index (χ4n) is 2.52. The first-order chi connectivity index (χ1) is 14.2. The first-order valence-corrected chi connectivity index (χ1v) is 8.72. The van der Waals surface area contributed by atoms with Crippen molar-refractivity contribution in [1.29, 1.82) is 0 Å². The van der Waals surface area contributed by atoms with Gasteiger partial charge in [-0.15, -0.1) is 0 Å². The first kappa shape index (κ1) is 21.0. The van der Waals surface area contributed by atoms with Crippen LogP contribution in [0.3, 0.4) is 0 Å². The standard InChI is InChI=1S/C20H16F3N3O4/c1-12(27)13-5-4-6-14(9-13)29-11-15-10-17(26-30-15)19(28)25-18(20(21,22)23)16-7-2-3-8-24-16/h2-10,18H,11H2,1H3,(H,25,28). The number of benzene rings is 1. The molecule has 2 aromatic heterocycles. The van der Waals surface area contributed by atoms with Crippen molar-refractivity contribution in [2.45, 2.75) is 25.7 Å². The summed E-state index contributed by atoms with van der Waals surface area (Å²) in [6.07, 6.45) is -3.55. The van der Waals surface area contributed by atoms with Gasteiger partial charge in [-0.2, -0.15) is 13.2 Å². The molecule has 1 unspecified atom stereocenters. The van der Waals surface area contributed by atoms with Crippen LogP contribution in [0.25, 0.3) is 0 Å². The second-order valence-corrected chi connectivity index (χ2v) is 6.25. The zero-order valence-corrected chi connectivity index (χ0v) is 15.6. The zero-order valence-electron chi connectivity index (χ0n) is 15.6. The van der Waals surface area contributed by atoms with Crippen LogP contribution in [0, 0.1) is 0 Å². The van der Waals surface area contributed by atoms with Gasteiger partial charge >= 0.3 is 6.18 Å². The molecular formula is C20H16F3N3O4. The highest BCUT2D eigenvalue weighted by molar-refractivity contribution is 5.94. The molecule has 3 rings (SSSR count). The number of nitrogens with zero attached hydrogens (tertiary/aromatic N) is 2. The maximum atomic E-state index is 13.3. The molecule has 0 saturated heterocycles. The first-order valence-electron chi connectivity index (χ1n) is 8.72. The number of hydrogen-bond donors (Lipinski definition) is 1. The molecule has 1 aromatic carbocycles. The zero-order chi connectivity index (χ0) is 21.7. The monoisotopic (exact) mass is 419 g/mol. The van der Waals surface area contributed by atoms with Gasteiger partial charge in [-0.25, -0.2) is 0 Å². The van der Waals surface area contributed by atoms with Gasteiger partial charge in [0.25, 0.3) is 5.91 Å². The molecule has 0 radical (unpaired) electrons. The Morgan fingerprint density at radius 3 is 2.63 bits per heavy atom. The molecule has 0 aliphatic carbocycles. The molecule has 1 amide bonds. The molecule has 10 heteroatoms. The highest BCUT2D eigenvalue weighted by Crippen LogP contribution is 2.31. The van der Waals surface area contributed by atoms with Crippen molar-refractivity contribution in [3.05, 3.63) is 77.4 Å². The summed E-state index contributed by atoms with van der Waals surface area (Å²) in [5.74, 6) is -0.699. The number of alkyl halides is 3. The number of ether oxygens (including phenoxy) is 1. The minimum atomic E-state index is -4.75. The van der Waals surface area contributed by atoms with Crippen molar-refractivity contribution in [1.82, 2.24) is 15.5 Å². The third-order valence-electron chi connectivity index (χ3n) is 4.00. The maximum Gasteiger partial charge on any atom is 0.414 e. The van der Waals surface area contributed by atoms with Crippen LogP contribution in [0.1, 0.15) is 45.3 Å². The number of halogens is 3. The third-order valence-corrected chi connectivity index (χ3v) is 4.00. The van der Waals surface area contributed by atoms with Crippen LogP contribution in [0.5, 0.6) is 5.75 Å². The quantitative estimate of drug-likeness (QED) is 0.584. The van der Waals surface area contributed by atoms with Gasteiger partial charge in [-0.05, 0) is 31.2 Å². The smallest absolute Gasteiger partial charge is 0.414 e. The summed E-state index contributed by atoms with van der Waals surface area (Å²) in [5.41, 5.74) is -0.232. The Hall–Kier alpha value is -3.69. The fraction of sp³-hybridized carbons (Fsp3) is 0.200. The Morgan fingerprint density at radius 1 is 1.17 bits per heavy atom. The van der Waals surface area contributed by atoms with Gasteiger partial charge in [0.15, 0.2) is 23.3 Å². The molecule has 1 atom stereocenters. The van der Waals surface area contributed by atoms with Gasteiger partial charge in [0.1, 0.15) is 12.4 Å². The van der Waals surface area contributed by atoms with Gasteiger partial charge in [-0.3, -0.25) is 14.6 Å². The van der Waals surface area contributed by atoms with Gasteiger partial charge in [0.05, 0.1) is 5.69 Å². The van der Waals surface area contributed by atoms with Gasteiger partial charge < -0.3 is 14.6 Å². The van der Waals surface area contributed by atoms with Crippen LogP contribution < -0.4 is 10.1 Å². The number of amides is 1. The molecule has 0 saturated carbocycles. The van der Waals surface area contributed by atoms with Gasteiger partial charge in [-0.1, -0.05) is 23.4 Å². The van der Waals surface area contributed by atoms with E-state index >= 15 is 0 Å². The molecule has 156 valence electrons. The summed E-state index contributed by atoms with van der Waals surface area (Å²) < 4.78 is 50.5. The lowest BCUT2D eigenvalue weighted by Crippen LogP contribution is -2.38. The molecule has 0 aliphatic heterocycles. The summed E-state index contributed by atoms with van der Waals surface area (Å²) in [7, 11) is 0. The summed E-state index contributed by atoms with van der Waals surface area (Å²) >= 11 is 0. The van der Waals surface area contributed by atoms with E-state index in [1.807, 2.05) is 5.32 Å². The van der Waals surface area contributed by atoms with E-state index in [4.69, 9.17) is 9.26 Å². The lowest BCUT2D eigenvalue weighted by Gasteiger charge is -2.20. The minimum absolute atomic E-state index is 0.120. The van der Waals surface area contributed by atoms with E-state index in [0.29, 0.717) is 11.3 Å². The summed E-state index contributed by atoms with van der Waals surface area (Å²) in [6.45, 7) is 1.28. The second kappa shape index (κ2) is 8.76. The summed E-state index contributed by atoms with van der Waals surface area (Å²) in [4.78, 5) is 27.3. The highest BCUT2D eigenvalue weighted by atomic mass is 19.4. The molecule has 0 aliphatic rings. The van der Waals surface area contributed by atoms with E-state index in [-0.39, 0.29) is 29.5 Å². The van der Waals surface area contributed by atoms with E-state index in [2.05, 4.69) is 10.1 Å². The Bertz CT molecular complexity index is 1040. The van der Waals surface area contributed by atoms with Crippen LogP contribution in [-0.4, -0.2) is 28.0 Å². The van der Waals surface area contributed by atoms with Crippen molar-refractivity contribution in [3.8, 4) is 5.75 Å². The van der Waals surface area contributed by atoms with E-state index in [1.165, 1.54) is 37.4 Å². The number of hydrogen-bond acceptors (Lipinski definition) is 6. The van der Waals surface area contributed by atoms with Crippen molar-refractivity contribution in [3.63, 3.8) is 0 Å². The number of nitrogens with one attached hydrogen (secondary N) is 1. The minimum Gasteiger partial charge on any atom is -0.486 e. The molecule has 2 heterocycles. The summed E-state index contributed by atoms with van der Waals surface area (Å²) in [6, 6.07) is 9.33. The topological polar surface area (TPSA) is 94.3 Å². The number of carbonyl (C=O) groups excluding carboxylic acids is 2. The number of Topliss-reactive ketones (excluding diaryl/α,β-unsaturated/α-hetero) is 1.